The number of imidazole rings is 1. The van der Waals surface area contributed by atoms with Gasteiger partial charge in [0.25, 0.3) is 0 Å². The lowest BCUT2D eigenvalue weighted by molar-refractivity contribution is 0.689. The Labute approximate surface area is 229 Å². The van der Waals surface area contributed by atoms with Crippen LogP contribution in [0.3, 0.4) is 0 Å². The molecule has 0 aliphatic rings. The number of aromatic nitrogens is 6. The van der Waals surface area contributed by atoms with Gasteiger partial charge in [0.2, 0.25) is 0 Å². The third kappa shape index (κ3) is 5.35. The van der Waals surface area contributed by atoms with Gasteiger partial charge in [-0.05, 0) is 57.0 Å². The van der Waals surface area contributed by atoms with Crippen molar-refractivity contribution < 1.29 is 0 Å². The van der Waals surface area contributed by atoms with Crippen LogP contribution in [-0.4, -0.2) is 29.8 Å². The average Bonchev–Trinajstić information content (AvgIpc) is 3.59. The summed E-state index contributed by atoms with van der Waals surface area (Å²) >= 11 is 0. The van der Waals surface area contributed by atoms with E-state index in [1.807, 2.05) is 27.3 Å². The van der Waals surface area contributed by atoms with E-state index in [1.165, 1.54) is 11.1 Å². The maximum atomic E-state index is 14.0. The summed E-state index contributed by atoms with van der Waals surface area (Å²) in [4.78, 5) is 14.0. The minimum absolute atomic E-state index is 0.0242. The molecule has 0 fully saturated rings. The van der Waals surface area contributed by atoms with E-state index in [9.17, 15) is 4.79 Å². The summed E-state index contributed by atoms with van der Waals surface area (Å²) in [5.41, 5.74) is 8.74. The van der Waals surface area contributed by atoms with E-state index >= 15 is 0 Å². The molecule has 5 rings (SSSR count). The van der Waals surface area contributed by atoms with Gasteiger partial charge in [-0.1, -0.05) is 107 Å². The zero-order valence-electron chi connectivity index (χ0n) is 23.2. The van der Waals surface area contributed by atoms with E-state index in [4.69, 9.17) is 0 Å². The van der Waals surface area contributed by atoms with E-state index in [1.54, 1.807) is 0 Å². The summed E-state index contributed by atoms with van der Waals surface area (Å²) in [5, 5.41) is 14.4. The van der Waals surface area contributed by atoms with Gasteiger partial charge in [0, 0.05) is 17.5 Å². The Morgan fingerprint density at radius 1 is 0.872 bits per heavy atom. The van der Waals surface area contributed by atoms with Gasteiger partial charge in [0.05, 0.1) is 12.2 Å². The Hall–Kier alpha value is -4.26. The van der Waals surface area contributed by atoms with Crippen LogP contribution in [0.15, 0.2) is 77.7 Å². The number of hydrogen-bond acceptors (Lipinski definition) is 4. The number of benzene rings is 3. The van der Waals surface area contributed by atoms with Crippen LogP contribution in [0.2, 0.25) is 0 Å². The molecule has 3 aromatic carbocycles. The zero-order valence-corrected chi connectivity index (χ0v) is 23.2. The lowest BCUT2D eigenvalue weighted by Crippen LogP contribution is -2.26. The molecule has 0 saturated heterocycles. The van der Waals surface area contributed by atoms with Crippen LogP contribution in [-0.2, 0) is 19.4 Å². The number of aryl methyl sites for hydroxylation is 2. The van der Waals surface area contributed by atoms with Crippen LogP contribution in [0.1, 0.15) is 68.8 Å². The van der Waals surface area contributed by atoms with Crippen LogP contribution >= 0.6 is 0 Å². The molecule has 7 heteroatoms. The van der Waals surface area contributed by atoms with Crippen molar-refractivity contribution in [1.29, 1.82) is 0 Å². The van der Waals surface area contributed by atoms with Crippen molar-refractivity contribution in [2.45, 2.75) is 65.8 Å². The second-order valence-electron chi connectivity index (χ2n) is 10.4. The molecule has 0 radical (unpaired) electrons. The number of H-pyrrole nitrogens is 1. The number of para-hydroxylation sites is 1. The molecule has 5 aromatic rings. The molecule has 0 aliphatic heterocycles. The lowest BCUT2D eigenvalue weighted by Gasteiger charge is -2.17. The number of hydrogen-bond donors (Lipinski definition) is 1. The Bertz CT molecular complexity index is 1590. The van der Waals surface area contributed by atoms with Crippen molar-refractivity contribution in [1.82, 2.24) is 29.8 Å². The van der Waals surface area contributed by atoms with Crippen molar-refractivity contribution in [2.75, 3.05) is 0 Å². The molecule has 0 atom stereocenters. The summed E-state index contributed by atoms with van der Waals surface area (Å²) in [6.07, 6.45) is 5.88. The van der Waals surface area contributed by atoms with E-state index in [0.29, 0.717) is 18.3 Å². The molecule has 1 N–H and O–H groups in total. The van der Waals surface area contributed by atoms with Gasteiger partial charge in [0.1, 0.15) is 0 Å². The second-order valence-corrected chi connectivity index (χ2v) is 10.4. The SMILES string of the molecule is CCCc1cccc(C(C)C)c1-n1cc(CCC)n(Cc2ccc(-c3ccccc3-c3nnn[nH]3)cc2)c1=O. The van der Waals surface area contributed by atoms with Gasteiger partial charge >= 0.3 is 5.69 Å². The highest BCUT2D eigenvalue weighted by Crippen LogP contribution is 2.30. The van der Waals surface area contributed by atoms with Gasteiger partial charge in [0.15, 0.2) is 5.82 Å². The van der Waals surface area contributed by atoms with Gasteiger partial charge in [-0.15, -0.1) is 5.10 Å². The molecule has 200 valence electrons. The monoisotopic (exact) mass is 520 g/mol. The highest BCUT2D eigenvalue weighted by molar-refractivity contribution is 5.80. The van der Waals surface area contributed by atoms with Gasteiger partial charge in [-0.3, -0.25) is 9.13 Å². The first-order valence-electron chi connectivity index (χ1n) is 13.9. The summed E-state index contributed by atoms with van der Waals surface area (Å²) in [7, 11) is 0. The maximum absolute atomic E-state index is 14.0. The lowest BCUT2D eigenvalue weighted by atomic mass is 9.95. The number of aromatic amines is 1. The minimum atomic E-state index is 0.0242. The molecule has 0 aliphatic carbocycles. The molecule has 0 bridgehead atoms. The van der Waals surface area contributed by atoms with Crippen molar-refractivity contribution >= 4 is 0 Å². The first-order chi connectivity index (χ1) is 19.0. The number of tetrazole rings is 1. The van der Waals surface area contributed by atoms with E-state index in [0.717, 1.165) is 59.3 Å². The average molecular weight is 521 g/mol. The van der Waals surface area contributed by atoms with E-state index < -0.39 is 0 Å². The highest BCUT2D eigenvalue weighted by Gasteiger charge is 2.19. The summed E-state index contributed by atoms with van der Waals surface area (Å²) in [6.45, 7) is 9.27. The fourth-order valence-corrected chi connectivity index (χ4v) is 5.34. The molecule has 7 nitrogen and oxygen atoms in total. The molecule has 2 aromatic heterocycles. The molecular formula is C32H36N6O. The van der Waals surface area contributed by atoms with Crippen molar-refractivity contribution in [3.63, 3.8) is 0 Å². The van der Waals surface area contributed by atoms with Crippen molar-refractivity contribution in [3.05, 3.63) is 106 Å². The topological polar surface area (TPSA) is 81.4 Å². The highest BCUT2D eigenvalue weighted by atomic mass is 16.1. The standard InChI is InChI=1S/C32H36N6O/c1-5-10-25-12-9-15-27(22(3)4)30(25)38-21-26(11-6-2)37(32(38)39)20-23-16-18-24(19-17-23)28-13-7-8-14-29(28)31-33-35-36-34-31/h7-9,12-19,21-22H,5-6,10-11,20H2,1-4H3,(H,33,34,35,36). The summed E-state index contributed by atoms with van der Waals surface area (Å²) in [5.74, 6) is 0.959. The number of rotatable bonds is 10. The molecule has 0 spiro atoms. The second kappa shape index (κ2) is 11.6. The molecular weight excluding hydrogens is 484 g/mol. The quantitative estimate of drug-likeness (QED) is 0.226. The van der Waals surface area contributed by atoms with E-state index in [2.05, 4.69) is 103 Å². The van der Waals surface area contributed by atoms with Gasteiger partial charge < -0.3 is 0 Å². The molecule has 0 saturated carbocycles. The Kier molecular flexibility index (Phi) is 7.87. The zero-order chi connectivity index (χ0) is 27.4. The largest absolute Gasteiger partial charge is 0.333 e. The van der Waals surface area contributed by atoms with Gasteiger partial charge in [-0.25, -0.2) is 9.89 Å². The van der Waals surface area contributed by atoms with Crippen LogP contribution in [0, 0.1) is 0 Å². The van der Waals surface area contributed by atoms with Crippen molar-refractivity contribution in [3.8, 4) is 28.2 Å². The fourth-order valence-electron chi connectivity index (χ4n) is 5.34. The molecule has 0 amide bonds. The third-order valence-corrected chi connectivity index (χ3v) is 7.23. The Morgan fingerprint density at radius 2 is 1.62 bits per heavy atom. The van der Waals surface area contributed by atoms with Gasteiger partial charge in [-0.2, -0.15) is 0 Å². The maximum Gasteiger partial charge on any atom is 0.333 e. The Morgan fingerprint density at radius 3 is 2.28 bits per heavy atom. The van der Waals surface area contributed by atoms with Crippen LogP contribution in [0.4, 0.5) is 0 Å². The smallest absolute Gasteiger partial charge is 0.292 e. The number of nitrogens with one attached hydrogen (secondary N) is 1. The van der Waals surface area contributed by atoms with Crippen molar-refractivity contribution in [2.24, 2.45) is 0 Å². The fraction of sp³-hybridized carbons (Fsp3) is 0.312. The normalized spacial score (nSPS) is 11.4. The van der Waals surface area contributed by atoms with Crippen LogP contribution in [0.25, 0.3) is 28.2 Å². The molecule has 39 heavy (non-hydrogen) atoms. The predicted molar refractivity (Wildman–Crippen MR) is 156 cm³/mol. The summed E-state index contributed by atoms with van der Waals surface area (Å²) < 4.78 is 3.85. The van der Waals surface area contributed by atoms with Crippen LogP contribution in [0.5, 0.6) is 0 Å². The first-order valence-corrected chi connectivity index (χ1v) is 13.9. The third-order valence-electron chi connectivity index (χ3n) is 7.23. The predicted octanol–water partition coefficient (Wildman–Crippen LogP) is 6.56. The first kappa shape index (κ1) is 26.4. The summed E-state index contributed by atoms with van der Waals surface area (Å²) in [6, 6.07) is 22.9. The molecule has 2 heterocycles. The van der Waals surface area contributed by atoms with E-state index in [-0.39, 0.29) is 5.69 Å². The minimum Gasteiger partial charge on any atom is -0.292 e. The number of nitrogens with zero attached hydrogens (tertiary/aromatic N) is 5. The molecule has 0 unspecified atom stereocenters. The van der Waals surface area contributed by atoms with Crippen LogP contribution < -0.4 is 5.69 Å². The Balaban J connectivity index is 1.52.